The number of rotatable bonds is 4. The molecule has 1 fully saturated rings. The highest BCUT2D eigenvalue weighted by atomic mass is 19.1. The van der Waals surface area contributed by atoms with Gasteiger partial charge in [0.05, 0.1) is 30.2 Å². The van der Waals surface area contributed by atoms with E-state index in [4.69, 9.17) is 0 Å². The monoisotopic (exact) mass is 398 g/mol. The first kappa shape index (κ1) is 19.6. The molecule has 7 heteroatoms. The fourth-order valence-electron chi connectivity index (χ4n) is 4.03. The van der Waals surface area contributed by atoms with Gasteiger partial charge < -0.3 is 9.80 Å². The average molecular weight is 398 g/mol. The maximum Gasteiger partial charge on any atom is 0.230 e. The van der Waals surface area contributed by atoms with E-state index >= 15 is 0 Å². The molecule has 29 heavy (non-hydrogen) atoms. The van der Waals surface area contributed by atoms with E-state index in [9.17, 15) is 14.0 Å². The van der Waals surface area contributed by atoms with E-state index in [-0.39, 0.29) is 30.3 Å². The highest BCUT2D eigenvalue weighted by molar-refractivity contribution is 6.06. The molecule has 1 aromatic heterocycles. The normalized spacial score (nSPS) is 19.3. The van der Waals surface area contributed by atoms with Crippen LogP contribution in [0.2, 0.25) is 0 Å². The molecular weight excluding hydrogens is 371 g/mol. The van der Waals surface area contributed by atoms with Gasteiger partial charge in [-0.1, -0.05) is 6.07 Å². The molecule has 0 saturated heterocycles. The third-order valence-corrected chi connectivity index (χ3v) is 5.45. The van der Waals surface area contributed by atoms with Gasteiger partial charge in [0, 0.05) is 31.1 Å². The molecule has 2 amide bonds. The van der Waals surface area contributed by atoms with Crippen molar-refractivity contribution in [3.8, 4) is 11.1 Å². The Balaban J connectivity index is 1.73. The third-order valence-electron chi connectivity index (χ3n) is 5.45. The van der Waals surface area contributed by atoms with E-state index < -0.39 is 5.67 Å². The summed E-state index contributed by atoms with van der Waals surface area (Å²) >= 11 is 0. The Hall–Kier alpha value is -2.70. The van der Waals surface area contributed by atoms with Crippen molar-refractivity contribution in [1.29, 1.82) is 0 Å². The minimum Gasteiger partial charge on any atom is -0.308 e. The molecule has 0 radical (unpaired) electrons. The van der Waals surface area contributed by atoms with Crippen molar-refractivity contribution in [2.45, 2.75) is 58.8 Å². The first-order valence-corrected chi connectivity index (χ1v) is 10.1. The van der Waals surface area contributed by atoms with Crippen LogP contribution in [0.1, 0.15) is 40.5 Å². The number of hydrogen-bond acceptors (Lipinski definition) is 3. The predicted octanol–water partition coefficient (Wildman–Crippen LogP) is 3.80. The Labute approximate surface area is 170 Å². The number of amides is 2. The topological polar surface area (TPSA) is 58.4 Å². The SMILES string of the molecule is CC(=O)N1c2ccc(-c3cnn(CC(C)(C)F)c3)cc2N(C(=O)C2CC2)CC1C. The van der Waals surface area contributed by atoms with Crippen molar-refractivity contribution >= 4 is 23.2 Å². The molecule has 0 N–H and O–H groups in total. The van der Waals surface area contributed by atoms with Crippen LogP contribution in [0, 0.1) is 5.92 Å². The van der Waals surface area contributed by atoms with Crippen molar-refractivity contribution in [2.75, 3.05) is 16.3 Å². The molecule has 1 aliphatic carbocycles. The lowest BCUT2D eigenvalue weighted by molar-refractivity contribution is -0.120. The maximum atomic E-state index is 13.9. The number of carbonyl (C=O) groups is 2. The highest BCUT2D eigenvalue weighted by Crippen LogP contribution is 2.42. The van der Waals surface area contributed by atoms with Crippen LogP contribution < -0.4 is 9.80 Å². The van der Waals surface area contributed by atoms with Gasteiger partial charge in [0.1, 0.15) is 5.67 Å². The molecular formula is C22H27FN4O2. The summed E-state index contributed by atoms with van der Waals surface area (Å²) in [6, 6.07) is 5.68. The highest BCUT2D eigenvalue weighted by Gasteiger charge is 2.39. The van der Waals surface area contributed by atoms with Crippen LogP contribution in [-0.4, -0.2) is 39.9 Å². The third kappa shape index (κ3) is 3.91. The molecule has 1 saturated carbocycles. The summed E-state index contributed by atoms with van der Waals surface area (Å²) in [4.78, 5) is 28.8. The van der Waals surface area contributed by atoms with E-state index in [1.54, 1.807) is 22.7 Å². The Kier molecular flexibility index (Phi) is 4.71. The number of fused-ring (bicyclic) bond motifs is 1. The van der Waals surface area contributed by atoms with Gasteiger partial charge in [-0.25, -0.2) is 4.39 Å². The Morgan fingerprint density at radius 3 is 2.55 bits per heavy atom. The second-order valence-corrected chi connectivity index (χ2v) is 8.81. The Morgan fingerprint density at radius 1 is 1.21 bits per heavy atom. The van der Waals surface area contributed by atoms with Crippen molar-refractivity contribution in [1.82, 2.24) is 9.78 Å². The lowest BCUT2D eigenvalue weighted by atomic mass is 10.0. The number of hydrogen-bond donors (Lipinski definition) is 0. The number of benzene rings is 1. The van der Waals surface area contributed by atoms with Crippen molar-refractivity contribution in [2.24, 2.45) is 5.92 Å². The summed E-state index contributed by atoms with van der Waals surface area (Å²) in [5.74, 6) is 0.188. The summed E-state index contributed by atoms with van der Waals surface area (Å²) in [5.41, 5.74) is 1.89. The van der Waals surface area contributed by atoms with Crippen LogP contribution >= 0.6 is 0 Å². The number of alkyl halides is 1. The molecule has 1 aromatic carbocycles. The molecule has 1 atom stereocenters. The fraction of sp³-hybridized carbons (Fsp3) is 0.500. The van der Waals surface area contributed by atoms with Gasteiger partial charge in [-0.15, -0.1) is 0 Å². The second kappa shape index (κ2) is 6.97. The number of halogens is 1. The molecule has 6 nitrogen and oxygen atoms in total. The van der Waals surface area contributed by atoms with E-state index in [0.717, 1.165) is 35.3 Å². The van der Waals surface area contributed by atoms with Gasteiger partial charge in [0.15, 0.2) is 0 Å². The lowest BCUT2D eigenvalue weighted by Crippen LogP contribution is -2.51. The van der Waals surface area contributed by atoms with Crippen molar-refractivity contribution < 1.29 is 14.0 Å². The van der Waals surface area contributed by atoms with E-state index in [0.29, 0.717) is 6.54 Å². The van der Waals surface area contributed by atoms with Crippen LogP contribution in [0.3, 0.4) is 0 Å². The van der Waals surface area contributed by atoms with Gasteiger partial charge in [-0.3, -0.25) is 14.3 Å². The minimum atomic E-state index is -1.36. The smallest absolute Gasteiger partial charge is 0.230 e. The molecule has 2 heterocycles. The first-order valence-electron chi connectivity index (χ1n) is 10.1. The molecule has 0 spiro atoms. The first-order chi connectivity index (χ1) is 13.6. The van der Waals surface area contributed by atoms with Gasteiger partial charge >= 0.3 is 0 Å². The number of anilines is 2. The quantitative estimate of drug-likeness (QED) is 0.787. The fourth-order valence-corrected chi connectivity index (χ4v) is 4.03. The molecule has 1 unspecified atom stereocenters. The van der Waals surface area contributed by atoms with Crippen molar-refractivity contribution in [3.63, 3.8) is 0 Å². The van der Waals surface area contributed by atoms with Crippen LogP contribution in [0.4, 0.5) is 15.8 Å². The molecule has 0 bridgehead atoms. The molecule has 4 rings (SSSR count). The van der Waals surface area contributed by atoms with E-state index in [2.05, 4.69) is 5.10 Å². The second-order valence-electron chi connectivity index (χ2n) is 8.81. The zero-order valence-electron chi connectivity index (χ0n) is 17.4. The van der Waals surface area contributed by atoms with E-state index in [1.807, 2.05) is 36.2 Å². The summed E-state index contributed by atoms with van der Waals surface area (Å²) in [7, 11) is 0. The average Bonchev–Trinajstić information content (AvgIpc) is 3.38. The number of carbonyl (C=O) groups excluding carboxylic acids is 2. The summed E-state index contributed by atoms with van der Waals surface area (Å²) in [5, 5.41) is 4.27. The molecule has 154 valence electrons. The summed E-state index contributed by atoms with van der Waals surface area (Å²) in [6.07, 6.45) is 5.38. The van der Waals surface area contributed by atoms with Gasteiger partial charge in [0.25, 0.3) is 0 Å². The zero-order chi connectivity index (χ0) is 20.9. The zero-order valence-corrected chi connectivity index (χ0v) is 17.4. The molecule has 2 aliphatic rings. The van der Waals surface area contributed by atoms with Crippen LogP contribution in [0.15, 0.2) is 30.6 Å². The standard InChI is InChI=1S/C22H27FN4O2/c1-14-11-26(21(29)16-5-6-16)20-9-17(7-8-19(20)27(14)15(2)28)18-10-24-25(12-18)13-22(3,4)23/h7-10,12,14,16H,5-6,11,13H2,1-4H3. The molecule has 2 aromatic rings. The van der Waals surface area contributed by atoms with Gasteiger partial charge in [-0.2, -0.15) is 5.10 Å². The molecule has 1 aliphatic heterocycles. The van der Waals surface area contributed by atoms with Crippen LogP contribution in [0.5, 0.6) is 0 Å². The summed E-state index contributed by atoms with van der Waals surface area (Å²) in [6.45, 7) is 7.21. The summed E-state index contributed by atoms with van der Waals surface area (Å²) < 4.78 is 15.5. The number of aromatic nitrogens is 2. The minimum absolute atomic E-state index is 0.0389. The Morgan fingerprint density at radius 2 is 1.93 bits per heavy atom. The predicted molar refractivity (Wildman–Crippen MR) is 111 cm³/mol. The lowest BCUT2D eigenvalue weighted by Gasteiger charge is -2.41. The van der Waals surface area contributed by atoms with Crippen LogP contribution in [-0.2, 0) is 16.1 Å². The van der Waals surface area contributed by atoms with Crippen molar-refractivity contribution in [3.05, 3.63) is 30.6 Å². The largest absolute Gasteiger partial charge is 0.308 e. The number of nitrogens with zero attached hydrogens (tertiary/aromatic N) is 4. The van der Waals surface area contributed by atoms with Crippen LogP contribution in [0.25, 0.3) is 11.1 Å². The van der Waals surface area contributed by atoms with Gasteiger partial charge in [0.2, 0.25) is 11.8 Å². The Bertz CT molecular complexity index is 958. The van der Waals surface area contributed by atoms with E-state index in [1.165, 1.54) is 13.8 Å². The van der Waals surface area contributed by atoms with Gasteiger partial charge in [-0.05, 0) is 51.3 Å². The maximum absolute atomic E-state index is 13.9.